The number of nitrogens with zero attached hydrogens (tertiary/aromatic N) is 5. The molecule has 0 unspecified atom stereocenters. The standard InChI is InChI=1S/C19H18FN5O3/c20-16-3-1-2-15(10-16)17-5-4-14(11-21-17)12-23-6-7-24-13-18(25(26)27)22-19(24)28-9-8-23/h1-5,10-11,13H,6-9,12H2. The molecule has 0 radical (unpaired) electrons. The predicted molar refractivity (Wildman–Crippen MR) is 99.3 cm³/mol. The van der Waals surface area contributed by atoms with E-state index in [1.54, 1.807) is 16.8 Å². The molecule has 0 atom stereocenters. The van der Waals surface area contributed by atoms with E-state index in [2.05, 4.69) is 14.9 Å². The van der Waals surface area contributed by atoms with Crippen molar-refractivity contribution in [1.82, 2.24) is 19.4 Å². The van der Waals surface area contributed by atoms with Gasteiger partial charge in [-0.25, -0.2) is 4.39 Å². The number of rotatable bonds is 4. The van der Waals surface area contributed by atoms with Crippen molar-refractivity contribution in [3.63, 3.8) is 0 Å². The third kappa shape index (κ3) is 3.99. The molecule has 8 nitrogen and oxygen atoms in total. The number of benzene rings is 1. The normalized spacial score (nSPS) is 14.6. The summed E-state index contributed by atoms with van der Waals surface area (Å²) >= 11 is 0. The lowest BCUT2D eigenvalue weighted by molar-refractivity contribution is -0.389. The molecule has 1 aromatic carbocycles. The summed E-state index contributed by atoms with van der Waals surface area (Å²) in [6.45, 7) is 2.99. The Morgan fingerprint density at radius 2 is 2.11 bits per heavy atom. The quantitative estimate of drug-likeness (QED) is 0.509. The van der Waals surface area contributed by atoms with Gasteiger partial charge in [0.2, 0.25) is 0 Å². The molecule has 3 aromatic rings. The minimum Gasteiger partial charge on any atom is -0.444 e. The number of imidazole rings is 1. The van der Waals surface area contributed by atoms with Crippen molar-refractivity contribution in [2.24, 2.45) is 0 Å². The highest BCUT2D eigenvalue weighted by Crippen LogP contribution is 2.21. The molecule has 3 heterocycles. The van der Waals surface area contributed by atoms with Crippen molar-refractivity contribution in [1.29, 1.82) is 0 Å². The first-order valence-electron chi connectivity index (χ1n) is 8.86. The SMILES string of the molecule is O=[N+]([O-])c1cn2c(n1)OCCN(Cc1ccc(-c3cccc(F)c3)nc1)CC2. The Kier molecular flexibility index (Phi) is 4.98. The Bertz CT molecular complexity index is 989. The molecule has 0 amide bonds. The Hall–Kier alpha value is -3.33. The number of aromatic nitrogens is 3. The lowest BCUT2D eigenvalue weighted by atomic mass is 10.1. The number of hydrogen-bond donors (Lipinski definition) is 0. The van der Waals surface area contributed by atoms with Gasteiger partial charge in [-0.2, -0.15) is 0 Å². The molecule has 1 aliphatic rings. The third-order valence-corrected chi connectivity index (χ3v) is 4.56. The summed E-state index contributed by atoms with van der Waals surface area (Å²) in [5, 5.41) is 10.9. The highest BCUT2D eigenvalue weighted by Gasteiger charge is 2.22. The molecule has 2 aromatic heterocycles. The molecule has 1 aliphatic heterocycles. The second-order valence-electron chi connectivity index (χ2n) is 6.52. The second kappa shape index (κ2) is 7.73. The predicted octanol–water partition coefficient (Wildman–Crippen LogP) is 2.89. The van der Waals surface area contributed by atoms with Crippen molar-refractivity contribution in [3.8, 4) is 17.3 Å². The van der Waals surface area contributed by atoms with Crippen LogP contribution in [0.5, 0.6) is 6.01 Å². The molecule has 9 heteroatoms. The average molecular weight is 383 g/mol. The zero-order valence-corrected chi connectivity index (χ0v) is 15.0. The number of ether oxygens (including phenoxy) is 1. The molecule has 0 fully saturated rings. The van der Waals surface area contributed by atoms with Crippen LogP contribution in [0.4, 0.5) is 10.2 Å². The molecule has 0 spiro atoms. The fourth-order valence-electron chi connectivity index (χ4n) is 3.13. The van der Waals surface area contributed by atoms with Gasteiger partial charge in [-0.3, -0.25) is 14.5 Å². The maximum Gasteiger partial charge on any atom is 0.414 e. The maximum atomic E-state index is 13.4. The topological polar surface area (TPSA) is 86.3 Å². The zero-order valence-electron chi connectivity index (χ0n) is 15.0. The molecular formula is C19H18FN5O3. The van der Waals surface area contributed by atoms with E-state index in [4.69, 9.17) is 4.74 Å². The zero-order chi connectivity index (χ0) is 19.5. The van der Waals surface area contributed by atoms with Crippen LogP contribution in [0.15, 0.2) is 48.8 Å². The number of nitro groups is 1. The van der Waals surface area contributed by atoms with Gasteiger partial charge in [-0.1, -0.05) is 18.2 Å². The minimum absolute atomic E-state index is 0.208. The number of fused-ring (bicyclic) bond motifs is 1. The van der Waals surface area contributed by atoms with Crippen LogP contribution in [0.25, 0.3) is 11.3 Å². The minimum atomic E-state index is -0.523. The fourth-order valence-corrected chi connectivity index (χ4v) is 3.13. The Morgan fingerprint density at radius 1 is 1.21 bits per heavy atom. The van der Waals surface area contributed by atoms with Gasteiger partial charge in [0.15, 0.2) is 0 Å². The van der Waals surface area contributed by atoms with E-state index in [0.29, 0.717) is 32.8 Å². The highest BCUT2D eigenvalue weighted by atomic mass is 19.1. The van der Waals surface area contributed by atoms with Gasteiger partial charge in [0.05, 0.1) is 5.69 Å². The molecule has 144 valence electrons. The van der Waals surface area contributed by atoms with Gasteiger partial charge < -0.3 is 14.9 Å². The number of hydrogen-bond acceptors (Lipinski definition) is 6. The van der Waals surface area contributed by atoms with Crippen LogP contribution >= 0.6 is 0 Å². The summed E-state index contributed by atoms with van der Waals surface area (Å²) in [5.74, 6) is -0.497. The van der Waals surface area contributed by atoms with Gasteiger partial charge in [-0.15, -0.1) is 0 Å². The first-order chi connectivity index (χ1) is 13.6. The van der Waals surface area contributed by atoms with Crippen molar-refractivity contribution in [2.45, 2.75) is 13.1 Å². The van der Waals surface area contributed by atoms with Crippen LogP contribution in [0.2, 0.25) is 0 Å². The molecule has 4 rings (SSSR count). The van der Waals surface area contributed by atoms with Crippen molar-refractivity contribution >= 4 is 5.82 Å². The van der Waals surface area contributed by atoms with Crippen molar-refractivity contribution in [3.05, 3.63) is 70.3 Å². The summed E-state index contributed by atoms with van der Waals surface area (Å²) in [6, 6.07) is 10.5. The summed E-state index contributed by atoms with van der Waals surface area (Å²) in [5.41, 5.74) is 2.48. The van der Waals surface area contributed by atoms with E-state index in [1.165, 1.54) is 18.3 Å². The molecule has 28 heavy (non-hydrogen) atoms. The smallest absolute Gasteiger partial charge is 0.414 e. The van der Waals surface area contributed by atoms with Crippen LogP contribution < -0.4 is 4.74 Å². The fraction of sp³-hybridized carbons (Fsp3) is 0.263. The van der Waals surface area contributed by atoms with E-state index in [9.17, 15) is 14.5 Å². The molecule has 0 N–H and O–H groups in total. The monoisotopic (exact) mass is 383 g/mol. The van der Waals surface area contributed by atoms with E-state index in [-0.39, 0.29) is 17.6 Å². The van der Waals surface area contributed by atoms with Crippen LogP contribution in [0.3, 0.4) is 0 Å². The summed E-state index contributed by atoms with van der Waals surface area (Å²) in [7, 11) is 0. The third-order valence-electron chi connectivity index (χ3n) is 4.56. The number of pyridine rings is 1. The lowest BCUT2D eigenvalue weighted by Gasteiger charge is -2.24. The van der Waals surface area contributed by atoms with Gasteiger partial charge in [-0.05, 0) is 28.7 Å². The molecule has 0 saturated heterocycles. The highest BCUT2D eigenvalue weighted by molar-refractivity contribution is 5.58. The van der Waals surface area contributed by atoms with E-state index >= 15 is 0 Å². The van der Waals surface area contributed by atoms with E-state index in [0.717, 1.165) is 16.8 Å². The van der Waals surface area contributed by atoms with Gasteiger partial charge in [0, 0.05) is 42.9 Å². The summed E-state index contributed by atoms with van der Waals surface area (Å²) in [4.78, 5) is 20.9. The molecule has 0 bridgehead atoms. The largest absolute Gasteiger partial charge is 0.444 e. The average Bonchev–Trinajstić information content (AvgIpc) is 3.07. The van der Waals surface area contributed by atoms with Crippen molar-refractivity contribution in [2.75, 3.05) is 19.7 Å². The Morgan fingerprint density at radius 3 is 2.86 bits per heavy atom. The van der Waals surface area contributed by atoms with Crippen molar-refractivity contribution < 1.29 is 14.1 Å². The van der Waals surface area contributed by atoms with Gasteiger partial charge in [0.1, 0.15) is 18.6 Å². The van der Waals surface area contributed by atoms with Crippen LogP contribution in [0, 0.1) is 15.9 Å². The maximum absolute atomic E-state index is 13.4. The van der Waals surface area contributed by atoms with Crippen LogP contribution in [0.1, 0.15) is 5.56 Å². The second-order valence-corrected chi connectivity index (χ2v) is 6.52. The van der Waals surface area contributed by atoms with Gasteiger partial charge >= 0.3 is 11.8 Å². The van der Waals surface area contributed by atoms with Crippen LogP contribution in [-0.2, 0) is 13.1 Å². The Balaban J connectivity index is 1.42. The molecule has 0 saturated carbocycles. The van der Waals surface area contributed by atoms with E-state index in [1.807, 2.05) is 18.2 Å². The first kappa shape index (κ1) is 18.1. The molecular weight excluding hydrogens is 365 g/mol. The van der Waals surface area contributed by atoms with Crippen LogP contribution in [-0.4, -0.2) is 44.1 Å². The first-order valence-corrected chi connectivity index (χ1v) is 8.86. The van der Waals surface area contributed by atoms with Gasteiger partial charge in [0.25, 0.3) is 0 Å². The Labute approximate surface area is 160 Å². The summed E-state index contributed by atoms with van der Waals surface area (Å²) in [6.07, 6.45) is 3.18. The number of halogens is 1. The molecule has 0 aliphatic carbocycles. The lowest BCUT2D eigenvalue weighted by Crippen LogP contribution is -2.33. The van der Waals surface area contributed by atoms with E-state index < -0.39 is 4.92 Å². The summed E-state index contributed by atoms with van der Waals surface area (Å²) < 4.78 is 20.6.